The van der Waals surface area contributed by atoms with Gasteiger partial charge in [-0.2, -0.15) is 0 Å². The number of aryl methyl sites for hydroxylation is 2. The van der Waals surface area contributed by atoms with E-state index in [1.165, 1.54) is 55.2 Å². The number of nitrogens with two attached hydrogens (primary N) is 1. The Bertz CT molecular complexity index is 1630. The van der Waals surface area contributed by atoms with Crippen molar-refractivity contribution in [3.63, 3.8) is 0 Å². The zero-order valence-corrected chi connectivity index (χ0v) is 35.1. The van der Waals surface area contributed by atoms with Gasteiger partial charge in [-0.25, -0.2) is 4.79 Å². The lowest BCUT2D eigenvalue weighted by Crippen LogP contribution is -2.28. The highest BCUT2D eigenvalue weighted by atomic mass is 79.9. The van der Waals surface area contributed by atoms with Gasteiger partial charge in [0.15, 0.2) is 0 Å². The molecule has 8 rings (SSSR count). The minimum atomic E-state index is -0.876. The topological polar surface area (TPSA) is 168 Å². The average molecular weight is 900 g/mol. The quantitative estimate of drug-likeness (QED) is 0.0973. The summed E-state index contributed by atoms with van der Waals surface area (Å²) in [5.41, 5.74) is 10.2. The number of rotatable bonds is 13. The number of carbonyl (C=O) groups is 3. The molecule has 6 bridgehead atoms. The monoisotopic (exact) mass is 898 g/mol. The number of allylic oxidation sites excluding steroid dienone is 6. The first-order chi connectivity index (χ1) is 27.5. The number of carboxylic acid groups (broad SMARTS) is 2. The van der Waals surface area contributed by atoms with Crippen LogP contribution in [0.5, 0.6) is 0 Å². The Morgan fingerprint density at radius 1 is 0.633 bits per heavy atom. The number of benzene rings is 2. The first-order valence-electron chi connectivity index (χ1n) is 20.3. The van der Waals surface area contributed by atoms with Crippen LogP contribution >= 0.6 is 15.9 Å². The molecule has 0 heterocycles. The summed E-state index contributed by atoms with van der Waals surface area (Å²) in [6, 6.07) is 16.4. The van der Waals surface area contributed by atoms with E-state index in [4.69, 9.17) is 30.5 Å². The highest BCUT2D eigenvalue weighted by Gasteiger charge is 2.37. The molecule has 0 spiro atoms. The molecule has 10 nitrogen and oxygen atoms in total. The third-order valence-corrected chi connectivity index (χ3v) is 12.2. The Kier molecular flexibility index (Phi) is 26.1. The molecule has 0 aromatic heterocycles. The van der Waals surface area contributed by atoms with E-state index in [-0.39, 0.29) is 46.7 Å². The van der Waals surface area contributed by atoms with Crippen LogP contribution in [0, 0.1) is 67.1 Å². The molecule has 2 aromatic carbocycles. The Hall–Kier alpha value is -3.61. The molecule has 1 amide bonds. The molecule has 9 atom stereocenters. The SMILES string of the molecule is C.C.C.Cc1ccc(CN)cc1.Cc1ccc(CNC(=O)COCC2CC3C=CC2C3)cc1.O=C(O)CBr.O=C(O)COCC1CC2C=CC1C2.OCC1CC2C=CC1C2. The predicted molar refractivity (Wildman–Crippen MR) is 247 cm³/mol. The number of carboxylic acids is 2. The zero-order chi connectivity index (χ0) is 41.2. The lowest BCUT2D eigenvalue weighted by molar-refractivity contribution is -0.142. The number of hydrogen-bond acceptors (Lipinski definition) is 7. The first kappa shape index (κ1) is 54.4. The lowest BCUT2D eigenvalue weighted by atomic mass is 9.95. The van der Waals surface area contributed by atoms with E-state index in [2.05, 4.69) is 108 Å². The number of ether oxygens (including phenoxy) is 2. The van der Waals surface area contributed by atoms with Gasteiger partial charge in [0.05, 0.1) is 13.2 Å². The van der Waals surface area contributed by atoms with Crippen LogP contribution < -0.4 is 11.1 Å². The van der Waals surface area contributed by atoms with Crippen LogP contribution in [0.2, 0.25) is 0 Å². The number of aliphatic hydroxyl groups excluding tert-OH is 1. The number of alkyl halides is 1. The summed E-state index contributed by atoms with van der Waals surface area (Å²) in [6.45, 7) is 7.06. The molecule has 6 aliphatic rings. The fourth-order valence-electron chi connectivity index (χ4n) is 8.56. The standard InChI is InChI=1S/C18H23NO2.C10H14O3.C8H11N.C8H12O.C2H3BrO2.3CH4/c1-13-2-4-14(5-3-13)10-19-18(20)12-21-11-17-9-15-6-7-16(17)8-15;11-10(12)6-13-5-9-4-7-1-2-8(9)3-7;1-7-2-4-8(6-9)5-3-7;9-5-8-4-6-1-2-7(8)3-6;3-1-2(4)5;;;/h2-7,15-17H,8-12H2,1H3,(H,19,20);1-2,7-9H,3-6H2,(H,11,12);2-5H,6,9H2,1H3;1-2,6-9H,3-5H2;1H2,(H,4,5);3*1H4. The van der Waals surface area contributed by atoms with E-state index < -0.39 is 11.9 Å². The number of amides is 1. The second-order valence-corrected chi connectivity index (χ2v) is 16.8. The van der Waals surface area contributed by atoms with Crippen molar-refractivity contribution < 1.29 is 39.2 Å². The van der Waals surface area contributed by atoms with Crippen LogP contribution in [0.4, 0.5) is 0 Å². The van der Waals surface area contributed by atoms with E-state index >= 15 is 0 Å². The molecule has 0 saturated heterocycles. The van der Waals surface area contributed by atoms with Crippen molar-refractivity contribution in [1.82, 2.24) is 5.32 Å². The van der Waals surface area contributed by atoms with Gasteiger partial charge in [-0.3, -0.25) is 9.59 Å². The summed E-state index contributed by atoms with van der Waals surface area (Å²) in [7, 11) is 0. The molecule has 336 valence electrons. The Balaban J connectivity index is 0.000000400. The molecule has 0 aliphatic heterocycles. The number of halogens is 1. The number of hydrogen-bond donors (Lipinski definition) is 5. The van der Waals surface area contributed by atoms with E-state index in [1.54, 1.807) is 0 Å². The Labute approximate surface area is 369 Å². The van der Waals surface area contributed by atoms with Gasteiger partial charge in [-0.1, -0.05) is 134 Å². The van der Waals surface area contributed by atoms with Crippen LogP contribution in [0.15, 0.2) is 85.0 Å². The predicted octanol–water partition coefficient (Wildman–Crippen LogP) is 9.16. The van der Waals surface area contributed by atoms with Crippen molar-refractivity contribution in [1.29, 1.82) is 0 Å². The van der Waals surface area contributed by atoms with Crippen molar-refractivity contribution in [2.75, 3.05) is 38.4 Å². The van der Waals surface area contributed by atoms with Gasteiger partial charge in [0.2, 0.25) is 5.91 Å². The minimum Gasteiger partial charge on any atom is -0.481 e. The Morgan fingerprint density at radius 2 is 1.03 bits per heavy atom. The summed E-state index contributed by atoms with van der Waals surface area (Å²) in [6.07, 6.45) is 21.2. The van der Waals surface area contributed by atoms with Gasteiger partial charge < -0.3 is 35.8 Å². The van der Waals surface area contributed by atoms with E-state index in [0.29, 0.717) is 62.5 Å². The molecular formula is C49H75BrN2O8. The normalized spacial score (nSPS) is 25.9. The Morgan fingerprint density at radius 3 is 1.35 bits per heavy atom. The van der Waals surface area contributed by atoms with Crippen LogP contribution in [-0.4, -0.2) is 71.5 Å². The molecule has 11 heteroatoms. The zero-order valence-electron chi connectivity index (χ0n) is 33.5. The molecule has 60 heavy (non-hydrogen) atoms. The number of nitrogens with one attached hydrogen (secondary N) is 1. The number of carbonyl (C=O) groups excluding carboxylic acids is 1. The van der Waals surface area contributed by atoms with Crippen molar-refractivity contribution in [2.45, 2.75) is 87.7 Å². The van der Waals surface area contributed by atoms with Gasteiger partial charge in [-0.05, 0) is 117 Å². The molecule has 6 aliphatic carbocycles. The molecule has 6 N–H and O–H groups in total. The minimum absolute atomic E-state index is 0. The highest BCUT2D eigenvalue weighted by molar-refractivity contribution is 9.09. The van der Waals surface area contributed by atoms with Gasteiger partial charge in [0, 0.05) is 19.7 Å². The highest BCUT2D eigenvalue weighted by Crippen LogP contribution is 2.44. The number of aliphatic hydroxyl groups is 1. The van der Waals surface area contributed by atoms with Gasteiger partial charge >= 0.3 is 11.9 Å². The average Bonchev–Trinajstić information content (AvgIpc) is 4.09. The van der Waals surface area contributed by atoms with Crippen molar-refractivity contribution in [2.24, 2.45) is 59.0 Å². The molecule has 3 saturated carbocycles. The summed E-state index contributed by atoms with van der Waals surface area (Å²) < 4.78 is 10.7. The molecule has 2 aromatic rings. The maximum absolute atomic E-state index is 11.8. The van der Waals surface area contributed by atoms with E-state index in [1.807, 2.05) is 12.1 Å². The van der Waals surface area contributed by atoms with Gasteiger partial charge in [0.1, 0.15) is 18.5 Å². The molecule has 9 unspecified atom stereocenters. The molecular weight excluding hydrogens is 824 g/mol. The number of aliphatic carboxylic acids is 2. The van der Waals surface area contributed by atoms with Crippen LogP contribution in [0.3, 0.4) is 0 Å². The van der Waals surface area contributed by atoms with E-state index in [9.17, 15) is 14.4 Å². The lowest BCUT2D eigenvalue weighted by Gasteiger charge is -2.17. The van der Waals surface area contributed by atoms with Gasteiger partial charge in [0.25, 0.3) is 0 Å². The maximum Gasteiger partial charge on any atom is 0.329 e. The fraction of sp³-hybridized carbons (Fsp3) is 0.571. The summed E-state index contributed by atoms with van der Waals surface area (Å²) in [5.74, 6) is 4.41. The van der Waals surface area contributed by atoms with Crippen molar-refractivity contribution in [3.05, 3.63) is 107 Å². The van der Waals surface area contributed by atoms with Crippen LogP contribution in [0.1, 0.15) is 83.1 Å². The molecule has 0 radical (unpaired) electrons. The smallest absolute Gasteiger partial charge is 0.329 e. The van der Waals surface area contributed by atoms with E-state index in [0.717, 1.165) is 29.2 Å². The van der Waals surface area contributed by atoms with Crippen molar-refractivity contribution in [3.8, 4) is 0 Å². The molecule has 3 fully saturated rings. The summed E-state index contributed by atoms with van der Waals surface area (Å²) in [4.78, 5) is 31.3. The second kappa shape index (κ2) is 28.8. The fourth-order valence-corrected chi connectivity index (χ4v) is 8.56. The van der Waals surface area contributed by atoms with Gasteiger partial charge in [-0.15, -0.1) is 0 Å². The summed E-state index contributed by atoms with van der Waals surface area (Å²) in [5, 5.41) is 27.8. The third-order valence-electron chi connectivity index (χ3n) is 11.7. The van der Waals surface area contributed by atoms with Crippen LogP contribution in [0.25, 0.3) is 0 Å². The second-order valence-electron chi connectivity index (χ2n) is 16.2. The first-order valence-corrected chi connectivity index (χ1v) is 21.5. The number of fused-ring (bicyclic) bond motifs is 6. The largest absolute Gasteiger partial charge is 0.481 e. The third kappa shape index (κ3) is 19.0. The maximum atomic E-state index is 11.8. The van der Waals surface area contributed by atoms with Crippen LogP contribution in [-0.2, 0) is 36.9 Å². The summed E-state index contributed by atoms with van der Waals surface area (Å²) >= 11 is 2.71. The van der Waals surface area contributed by atoms with Crippen molar-refractivity contribution >= 4 is 33.8 Å².